The summed E-state index contributed by atoms with van der Waals surface area (Å²) in [6.45, 7) is 4.83. The van der Waals surface area contributed by atoms with Crippen LogP contribution in [0, 0.1) is 23.7 Å². The minimum Gasteiger partial charge on any atom is -0.271 e. The van der Waals surface area contributed by atoms with Crippen molar-refractivity contribution in [1.29, 1.82) is 0 Å². The van der Waals surface area contributed by atoms with Gasteiger partial charge >= 0.3 is 0 Å². The van der Waals surface area contributed by atoms with E-state index in [1.807, 2.05) is 0 Å². The molecule has 0 bridgehead atoms. The minimum atomic E-state index is 0.572. The van der Waals surface area contributed by atoms with E-state index in [2.05, 4.69) is 19.3 Å². The molecule has 2 saturated carbocycles. The summed E-state index contributed by atoms with van der Waals surface area (Å²) in [7, 11) is 0. The minimum absolute atomic E-state index is 0.572. The summed E-state index contributed by atoms with van der Waals surface area (Å²) in [6.07, 6.45) is 12.7. The molecule has 4 atom stereocenters. The lowest BCUT2D eigenvalue weighted by molar-refractivity contribution is 0.150. The van der Waals surface area contributed by atoms with Crippen molar-refractivity contribution in [3.63, 3.8) is 0 Å². The van der Waals surface area contributed by atoms with Gasteiger partial charge in [-0.25, -0.2) is 0 Å². The molecule has 18 heavy (non-hydrogen) atoms. The van der Waals surface area contributed by atoms with Crippen molar-refractivity contribution >= 4 is 0 Å². The molecule has 0 saturated heterocycles. The second-order valence-corrected chi connectivity index (χ2v) is 7.04. The Morgan fingerprint density at radius 3 is 2.33 bits per heavy atom. The molecule has 0 spiro atoms. The quantitative estimate of drug-likeness (QED) is 0.589. The van der Waals surface area contributed by atoms with Gasteiger partial charge in [0, 0.05) is 6.04 Å². The highest BCUT2D eigenvalue weighted by Crippen LogP contribution is 2.37. The lowest BCUT2D eigenvalue weighted by Gasteiger charge is -2.38. The summed E-state index contributed by atoms with van der Waals surface area (Å²) < 4.78 is 0. The first-order valence-electron chi connectivity index (χ1n) is 8.16. The van der Waals surface area contributed by atoms with Crippen LogP contribution in [0.2, 0.25) is 0 Å². The first kappa shape index (κ1) is 14.3. The van der Waals surface area contributed by atoms with E-state index in [4.69, 9.17) is 5.84 Å². The van der Waals surface area contributed by atoms with Gasteiger partial charge in [0.25, 0.3) is 0 Å². The standard InChI is InChI=1S/C16H32N2/c1-12-8-9-15(10-13(12)2)16(18-17)11-14-6-4-3-5-7-14/h12-16,18H,3-11,17H2,1-2H3. The van der Waals surface area contributed by atoms with Crippen molar-refractivity contribution in [3.05, 3.63) is 0 Å². The number of hydrazine groups is 1. The maximum atomic E-state index is 5.85. The molecule has 0 aromatic carbocycles. The molecule has 0 aromatic rings. The Bertz CT molecular complexity index is 235. The largest absolute Gasteiger partial charge is 0.271 e. The molecule has 2 rings (SSSR count). The van der Waals surface area contributed by atoms with Crippen LogP contribution in [0.25, 0.3) is 0 Å². The molecule has 0 aliphatic heterocycles. The fourth-order valence-corrected chi connectivity index (χ4v) is 4.13. The van der Waals surface area contributed by atoms with Gasteiger partial charge in [-0.2, -0.15) is 0 Å². The van der Waals surface area contributed by atoms with Gasteiger partial charge in [-0.3, -0.25) is 11.3 Å². The number of hydrogen-bond acceptors (Lipinski definition) is 2. The Kier molecular flexibility index (Phi) is 5.50. The van der Waals surface area contributed by atoms with E-state index in [1.165, 1.54) is 57.8 Å². The fraction of sp³-hybridized carbons (Fsp3) is 1.00. The van der Waals surface area contributed by atoms with Gasteiger partial charge in [0.1, 0.15) is 0 Å². The van der Waals surface area contributed by atoms with Crippen LogP contribution in [-0.2, 0) is 0 Å². The van der Waals surface area contributed by atoms with Crippen LogP contribution in [0.4, 0.5) is 0 Å². The van der Waals surface area contributed by atoms with E-state index >= 15 is 0 Å². The van der Waals surface area contributed by atoms with Gasteiger partial charge in [-0.1, -0.05) is 52.4 Å². The van der Waals surface area contributed by atoms with Crippen LogP contribution in [0.1, 0.15) is 71.6 Å². The Balaban J connectivity index is 1.83. The molecule has 4 unspecified atom stereocenters. The molecule has 0 radical (unpaired) electrons. The molecule has 2 aliphatic carbocycles. The predicted octanol–water partition coefficient (Wildman–Crippen LogP) is 3.86. The van der Waals surface area contributed by atoms with Crippen molar-refractivity contribution in [2.45, 2.75) is 77.7 Å². The summed E-state index contributed by atoms with van der Waals surface area (Å²) >= 11 is 0. The van der Waals surface area contributed by atoms with E-state index in [0.717, 1.165) is 23.7 Å². The van der Waals surface area contributed by atoms with Gasteiger partial charge in [0.05, 0.1) is 0 Å². The molecule has 106 valence electrons. The van der Waals surface area contributed by atoms with Crippen LogP contribution in [0.5, 0.6) is 0 Å². The second kappa shape index (κ2) is 6.91. The van der Waals surface area contributed by atoms with E-state index in [-0.39, 0.29) is 0 Å². The highest BCUT2D eigenvalue weighted by Gasteiger charge is 2.31. The first-order chi connectivity index (χ1) is 8.70. The third-order valence-electron chi connectivity index (χ3n) is 5.73. The molecular formula is C16H32N2. The third-order valence-corrected chi connectivity index (χ3v) is 5.73. The smallest absolute Gasteiger partial charge is 0.0241 e. The Morgan fingerprint density at radius 2 is 1.72 bits per heavy atom. The summed E-state index contributed by atoms with van der Waals surface area (Å²) in [4.78, 5) is 0. The molecule has 2 aliphatic rings. The monoisotopic (exact) mass is 252 g/mol. The molecule has 2 nitrogen and oxygen atoms in total. The normalized spacial score (nSPS) is 36.5. The molecule has 0 aromatic heterocycles. The van der Waals surface area contributed by atoms with Crippen LogP contribution in [0.15, 0.2) is 0 Å². The zero-order chi connectivity index (χ0) is 13.0. The number of nitrogens with one attached hydrogen (secondary N) is 1. The highest BCUT2D eigenvalue weighted by atomic mass is 15.2. The van der Waals surface area contributed by atoms with Crippen LogP contribution < -0.4 is 11.3 Å². The summed E-state index contributed by atoms with van der Waals surface area (Å²) in [5.41, 5.74) is 3.15. The van der Waals surface area contributed by atoms with Gasteiger partial charge in [0.2, 0.25) is 0 Å². The SMILES string of the molecule is CC1CCC(C(CC2CCCCC2)NN)CC1C. The van der Waals surface area contributed by atoms with E-state index in [1.54, 1.807) is 0 Å². The Morgan fingerprint density at radius 1 is 1.00 bits per heavy atom. The topological polar surface area (TPSA) is 38.0 Å². The lowest BCUT2D eigenvalue weighted by Crippen LogP contribution is -2.44. The van der Waals surface area contributed by atoms with Gasteiger partial charge in [-0.15, -0.1) is 0 Å². The zero-order valence-electron chi connectivity index (χ0n) is 12.3. The molecule has 0 heterocycles. The van der Waals surface area contributed by atoms with E-state index < -0.39 is 0 Å². The Hall–Kier alpha value is -0.0800. The van der Waals surface area contributed by atoms with Gasteiger partial charge in [0.15, 0.2) is 0 Å². The summed E-state index contributed by atoms with van der Waals surface area (Å²) in [5, 5.41) is 0. The van der Waals surface area contributed by atoms with Crippen LogP contribution in [-0.4, -0.2) is 6.04 Å². The van der Waals surface area contributed by atoms with Crippen molar-refractivity contribution in [3.8, 4) is 0 Å². The third kappa shape index (κ3) is 3.71. The van der Waals surface area contributed by atoms with Gasteiger partial charge < -0.3 is 0 Å². The van der Waals surface area contributed by atoms with Crippen molar-refractivity contribution in [1.82, 2.24) is 5.43 Å². The molecule has 2 heteroatoms. The fourth-order valence-electron chi connectivity index (χ4n) is 4.13. The maximum Gasteiger partial charge on any atom is 0.0241 e. The number of nitrogens with two attached hydrogens (primary N) is 1. The second-order valence-electron chi connectivity index (χ2n) is 7.04. The van der Waals surface area contributed by atoms with Crippen molar-refractivity contribution < 1.29 is 0 Å². The zero-order valence-corrected chi connectivity index (χ0v) is 12.3. The first-order valence-corrected chi connectivity index (χ1v) is 8.16. The average Bonchev–Trinajstić information content (AvgIpc) is 2.40. The van der Waals surface area contributed by atoms with Gasteiger partial charge in [-0.05, 0) is 42.9 Å². The van der Waals surface area contributed by atoms with Crippen LogP contribution >= 0.6 is 0 Å². The van der Waals surface area contributed by atoms with Crippen LogP contribution in [0.3, 0.4) is 0 Å². The highest BCUT2D eigenvalue weighted by molar-refractivity contribution is 4.84. The Labute approximate surface area is 113 Å². The maximum absolute atomic E-state index is 5.85. The average molecular weight is 252 g/mol. The molecule has 3 N–H and O–H groups in total. The predicted molar refractivity (Wildman–Crippen MR) is 78.0 cm³/mol. The lowest BCUT2D eigenvalue weighted by atomic mass is 9.71. The number of hydrogen-bond donors (Lipinski definition) is 2. The van der Waals surface area contributed by atoms with E-state index in [0.29, 0.717) is 6.04 Å². The summed E-state index contributed by atoms with van der Waals surface area (Å²) in [6, 6.07) is 0.572. The van der Waals surface area contributed by atoms with E-state index in [9.17, 15) is 0 Å². The van der Waals surface area contributed by atoms with Crippen molar-refractivity contribution in [2.75, 3.05) is 0 Å². The number of rotatable bonds is 4. The van der Waals surface area contributed by atoms with Crippen molar-refractivity contribution in [2.24, 2.45) is 29.5 Å². The molecule has 2 fully saturated rings. The molecular weight excluding hydrogens is 220 g/mol. The molecule has 0 amide bonds. The summed E-state index contributed by atoms with van der Waals surface area (Å²) in [5.74, 6) is 9.40.